The van der Waals surface area contributed by atoms with Crippen LogP contribution in [0.4, 0.5) is 0 Å². The maximum atomic E-state index is 13.7. The van der Waals surface area contributed by atoms with Gasteiger partial charge in [0.05, 0.1) is 17.8 Å². The number of nitrogens with one attached hydrogen (secondary N) is 2. The molecule has 1 amide bonds. The third kappa shape index (κ3) is 5.00. The zero-order valence-corrected chi connectivity index (χ0v) is 24.3. The Kier molecular flexibility index (Phi) is 6.87. The molecule has 1 saturated carbocycles. The van der Waals surface area contributed by atoms with Crippen LogP contribution in [-0.2, 0) is 27.2 Å². The van der Waals surface area contributed by atoms with Gasteiger partial charge < -0.3 is 19.8 Å². The number of carbonyl (C=O) groups excluding carboxylic acids is 1. The largest absolute Gasteiger partial charge is 0.361 e. The predicted molar refractivity (Wildman–Crippen MR) is 160 cm³/mol. The van der Waals surface area contributed by atoms with E-state index in [9.17, 15) is 14.4 Å². The zero-order chi connectivity index (χ0) is 29.0. The van der Waals surface area contributed by atoms with E-state index in [1.54, 1.807) is 21.5 Å². The summed E-state index contributed by atoms with van der Waals surface area (Å²) in [5.74, 6) is 0.194. The normalized spacial score (nSPS) is 13.6. The van der Waals surface area contributed by atoms with E-state index in [4.69, 9.17) is 16.7 Å². The summed E-state index contributed by atoms with van der Waals surface area (Å²) >= 11 is 6.32. The Labute approximate surface area is 240 Å². The number of nitrogens with zero attached hydrogens (tertiary/aromatic N) is 6. The van der Waals surface area contributed by atoms with Crippen LogP contribution in [0.2, 0.25) is 5.02 Å². The van der Waals surface area contributed by atoms with Gasteiger partial charge in [-0.15, -0.1) is 0 Å². The van der Waals surface area contributed by atoms with Gasteiger partial charge in [-0.25, -0.2) is 4.79 Å². The highest BCUT2D eigenvalue weighted by Gasteiger charge is 2.29. The number of benzene rings is 1. The van der Waals surface area contributed by atoms with Crippen molar-refractivity contribution in [3.63, 3.8) is 0 Å². The van der Waals surface area contributed by atoms with Crippen LogP contribution in [0, 0.1) is 5.92 Å². The number of aryl methyl sites for hydroxylation is 1. The van der Waals surface area contributed by atoms with E-state index in [0.717, 1.165) is 33.9 Å². The lowest BCUT2D eigenvalue weighted by Gasteiger charge is -2.09. The van der Waals surface area contributed by atoms with E-state index < -0.39 is 5.56 Å². The molecule has 12 heteroatoms. The van der Waals surface area contributed by atoms with Gasteiger partial charge in [0.15, 0.2) is 5.65 Å². The maximum Gasteiger partial charge on any atom is 0.332 e. The first-order valence-corrected chi connectivity index (χ1v) is 14.1. The van der Waals surface area contributed by atoms with Crippen LogP contribution in [0.1, 0.15) is 28.8 Å². The minimum absolute atomic E-state index is 0.200. The first-order chi connectivity index (χ1) is 19.6. The van der Waals surface area contributed by atoms with Crippen molar-refractivity contribution >= 4 is 39.4 Å². The van der Waals surface area contributed by atoms with Crippen molar-refractivity contribution in [2.24, 2.45) is 20.0 Å². The van der Waals surface area contributed by atoms with Gasteiger partial charge >= 0.3 is 5.69 Å². The minimum Gasteiger partial charge on any atom is -0.361 e. The van der Waals surface area contributed by atoms with E-state index in [-0.39, 0.29) is 11.6 Å². The minimum atomic E-state index is -0.418. The number of H-pyrrole nitrogens is 1. The number of hydrogen-bond acceptors (Lipinski definition) is 5. The van der Waals surface area contributed by atoms with Crippen LogP contribution in [0.25, 0.3) is 33.3 Å². The fourth-order valence-corrected chi connectivity index (χ4v) is 5.49. The molecule has 0 saturated heterocycles. The van der Waals surface area contributed by atoms with Crippen molar-refractivity contribution in [1.29, 1.82) is 0 Å². The number of fused-ring (bicyclic) bond motifs is 2. The summed E-state index contributed by atoms with van der Waals surface area (Å²) in [5.41, 5.74) is 3.10. The topological polar surface area (TPSA) is 115 Å². The molecular formula is C29H33ClN8O3. The molecule has 1 aliphatic carbocycles. The monoisotopic (exact) mass is 576 g/mol. The Bertz CT molecular complexity index is 1920. The summed E-state index contributed by atoms with van der Waals surface area (Å²) in [6.45, 7) is 2.05. The van der Waals surface area contributed by atoms with Crippen LogP contribution < -0.4 is 16.6 Å². The van der Waals surface area contributed by atoms with Gasteiger partial charge in [-0.05, 0) is 62.7 Å². The smallest absolute Gasteiger partial charge is 0.332 e. The van der Waals surface area contributed by atoms with E-state index in [0.29, 0.717) is 65.1 Å². The number of likely N-dealkylation sites (N-methyl/N-ethyl adjacent to an activating group) is 1. The predicted octanol–water partition coefficient (Wildman–Crippen LogP) is 2.79. The number of aromatic nitrogens is 6. The van der Waals surface area contributed by atoms with Crippen LogP contribution in [0.5, 0.6) is 0 Å². The van der Waals surface area contributed by atoms with Gasteiger partial charge in [0.2, 0.25) is 0 Å². The van der Waals surface area contributed by atoms with Crippen LogP contribution in [0.15, 0.2) is 46.2 Å². The van der Waals surface area contributed by atoms with E-state index in [1.807, 2.05) is 55.0 Å². The summed E-state index contributed by atoms with van der Waals surface area (Å²) in [4.78, 5) is 45.2. The fourth-order valence-electron chi connectivity index (χ4n) is 5.32. The van der Waals surface area contributed by atoms with Crippen LogP contribution >= 0.6 is 11.6 Å². The Morgan fingerprint density at radius 2 is 1.98 bits per heavy atom. The molecule has 0 bridgehead atoms. The molecule has 41 heavy (non-hydrogen) atoms. The molecule has 0 spiro atoms. The second-order valence-electron chi connectivity index (χ2n) is 11.2. The van der Waals surface area contributed by atoms with Gasteiger partial charge in [-0.3, -0.25) is 23.4 Å². The third-order valence-electron chi connectivity index (χ3n) is 7.77. The van der Waals surface area contributed by atoms with Gasteiger partial charge in [0, 0.05) is 62.0 Å². The number of aromatic amines is 1. The number of halogens is 1. The first kappa shape index (κ1) is 27.1. The molecule has 0 radical (unpaired) electrons. The Morgan fingerprint density at radius 3 is 2.71 bits per heavy atom. The van der Waals surface area contributed by atoms with E-state index in [1.165, 1.54) is 7.05 Å². The average Bonchev–Trinajstić information content (AvgIpc) is 3.38. The summed E-state index contributed by atoms with van der Waals surface area (Å²) in [6, 6.07) is 7.42. The maximum absolute atomic E-state index is 13.7. The molecule has 214 valence electrons. The van der Waals surface area contributed by atoms with Gasteiger partial charge in [0.1, 0.15) is 11.1 Å². The van der Waals surface area contributed by atoms with Crippen molar-refractivity contribution < 1.29 is 4.79 Å². The highest BCUT2D eigenvalue weighted by Crippen LogP contribution is 2.33. The molecule has 4 aromatic heterocycles. The van der Waals surface area contributed by atoms with Crippen molar-refractivity contribution in [2.75, 3.05) is 27.2 Å². The van der Waals surface area contributed by atoms with E-state index >= 15 is 0 Å². The highest BCUT2D eigenvalue weighted by atomic mass is 35.5. The number of hydrogen-bond donors (Lipinski definition) is 2. The van der Waals surface area contributed by atoms with E-state index in [2.05, 4.69) is 10.3 Å². The highest BCUT2D eigenvalue weighted by molar-refractivity contribution is 6.31. The summed E-state index contributed by atoms with van der Waals surface area (Å²) in [5, 5.41) is 9.76. The molecule has 0 unspecified atom stereocenters. The number of carbonyl (C=O) groups is 1. The second-order valence-corrected chi connectivity index (χ2v) is 11.6. The number of amides is 1. The summed E-state index contributed by atoms with van der Waals surface area (Å²) in [7, 11) is 7.24. The fraction of sp³-hybridized carbons (Fsp3) is 0.379. The Balaban J connectivity index is 1.54. The van der Waals surface area contributed by atoms with Gasteiger partial charge in [0.25, 0.3) is 11.5 Å². The summed E-state index contributed by atoms with van der Waals surface area (Å²) < 4.78 is 6.37. The molecule has 0 atom stereocenters. The standard InChI is InChI=1S/C29H33ClN8O3/c1-34(2)10-9-31-27(39)18-11-23(35(3)15-18)25-24-26(37(14-17-5-6-17)29(41)36(4)28(24)40)33-38(25)16-19-13-32-22-8-7-20(30)12-21(19)22/h7-8,11-13,15,17,32H,5-6,9-10,14,16H2,1-4H3,(H,31,39). The Hall–Kier alpha value is -4.09. The van der Waals surface area contributed by atoms with Gasteiger partial charge in [-0.1, -0.05) is 11.6 Å². The molecule has 5 aromatic rings. The lowest BCUT2D eigenvalue weighted by molar-refractivity contribution is 0.0951. The van der Waals surface area contributed by atoms with Crippen molar-refractivity contribution in [1.82, 2.24) is 38.7 Å². The Morgan fingerprint density at radius 1 is 1.20 bits per heavy atom. The first-order valence-electron chi connectivity index (χ1n) is 13.7. The molecule has 4 heterocycles. The second kappa shape index (κ2) is 10.4. The average molecular weight is 577 g/mol. The molecule has 2 N–H and O–H groups in total. The SMILES string of the molecule is CN(C)CCNC(=O)c1cc(-c2c3c(=O)n(C)c(=O)n(CC4CC4)c3nn2Cc2c[nH]c3ccc(Cl)cc23)n(C)c1. The number of rotatable bonds is 9. The van der Waals surface area contributed by atoms with Crippen molar-refractivity contribution in [2.45, 2.75) is 25.9 Å². The molecular weight excluding hydrogens is 544 g/mol. The quantitative estimate of drug-likeness (QED) is 0.280. The van der Waals surface area contributed by atoms with Crippen LogP contribution in [-0.4, -0.2) is 66.5 Å². The molecule has 6 rings (SSSR count). The molecule has 11 nitrogen and oxygen atoms in total. The molecule has 1 aromatic carbocycles. The third-order valence-corrected chi connectivity index (χ3v) is 8.00. The van der Waals surface area contributed by atoms with Crippen LogP contribution in [0.3, 0.4) is 0 Å². The summed E-state index contributed by atoms with van der Waals surface area (Å²) in [6.07, 6.45) is 5.75. The van der Waals surface area contributed by atoms with Crippen molar-refractivity contribution in [3.8, 4) is 11.4 Å². The lowest BCUT2D eigenvalue weighted by atomic mass is 10.1. The molecule has 1 fully saturated rings. The molecule has 0 aliphatic heterocycles. The zero-order valence-electron chi connectivity index (χ0n) is 23.6. The lowest BCUT2D eigenvalue weighted by Crippen LogP contribution is -2.38. The molecule has 1 aliphatic rings. The van der Waals surface area contributed by atoms with Gasteiger partial charge in [-0.2, -0.15) is 5.10 Å². The van der Waals surface area contributed by atoms with Crippen molar-refractivity contribution in [3.05, 3.63) is 73.6 Å².